The van der Waals surface area contributed by atoms with E-state index in [9.17, 15) is 9.90 Å². The van der Waals surface area contributed by atoms with E-state index in [1.165, 1.54) is 0 Å². The Kier molecular flexibility index (Phi) is 5.69. The van der Waals surface area contributed by atoms with E-state index in [1.807, 2.05) is 0 Å². The fraction of sp³-hybridized carbons (Fsp3) is 0.308. The zero-order valence-electron chi connectivity index (χ0n) is 9.94. The first-order valence-corrected chi connectivity index (χ1v) is 6.15. The van der Waals surface area contributed by atoms with E-state index in [2.05, 4.69) is 27.2 Å². The molecule has 1 rings (SSSR count). The smallest absolute Gasteiger partial charge is 0.261 e. The number of amides is 1. The Hall–Kier alpha value is -1.51. The molecule has 1 unspecified atom stereocenters. The van der Waals surface area contributed by atoms with E-state index in [0.717, 1.165) is 4.47 Å². The molecule has 0 bridgehead atoms. The first-order valence-electron chi connectivity index (χ1n) is 5.35. The normalized spacial score (nSPS) is 11.4. The Morgan fingerprint density at radius 1 is 1.67 bits per heavy atom. The summed E-state index contributed by atoms with van der Waals surface area (Å²) in [6.45, 7) is 1.63. The van der Waals surface area contributed by atoms with Gasteiger partial charge in [-0.15, -0.1) is 6.42 Å². The second-order valence-corrected chi connectivity index (χ2v) is 4.51. The van der Waals surface area contributed by atoms with Crippen LogP contribution in [-0.2, 0) is 11.4 Å². The van der Waals surface area contributed by atoms with Gasteiger partial charge in [0.25, 0.3) is 5.91 Å². The molecule has 1 aromatic carbocycles. The number of carbonyl (C=O) groups is 1. The lowest BCUT2D eigenvalue weighted by atomic mass is 10.2. The molecule has 1 aromatic rings. The molecule has 0 heterocycles. The van der Waals surface area contributed by atoms with Crippen molar-refractivity contribution in [1.82, 2.24) is 5.32 Å². The largest absolute Gasteiger partial charge is 0.481 e. The lowest BCUT2D eigenvalue weighted by Gasteiger charge is -2.16. The van der Waals surface area contributed by atoms with E-state index in [4.69, 9.17) is 11.2 Å². The van der Waals surface area contributed by atoms with Crippen molar-refractivity contribution in [3.63, 3.8) is 0 Å². The molecule has 0 aliphatic carbocycles. The van der Waals surface area contributed by atoms with Crippen LogP contribution in [0, 0.1) is 12.3 Å². The van der Waals surface area contributed by atoms with Crippen LogP contribution in [0.5, 0.6) is 5.75 Å². The SMILES string of the molecule is C#CCNC(=O)C(C)Oc1ccc(Br)cc1CO. The number of nitrogens with one attached hydrogen (secondary N) is 1. The summed E-state index contributed by atoms with van der Waals surface area (Å²) in [5.74, 6) is 2.50. The van der Waals surface area contributed by atoms with Crippen molar-refractivity contribution in [1.29, 1.82) is 0 Å². The standard InChI is InChI=1S/C13H14BrNO3/c1-3-6-15-13(17)9(2)18-12-5-4-11(14)7-10(12)8-16/h1,4-5,7,9,16H,6,8H2,2H3,(H,15,17). The van der Waals surface area contributed by atoms with Gasteiger partial charge in [0.2, 0.25) is 0 Å². The summed E-state index contributed by atoms with van der Waals surface area (Å²) in [5, 5.41) is 11.7. The minimum atomic E-state index is -0.676. The molecule has 0 aliphatic rings. The van der Waals surface area contributed by atoms with Crippen LogP contribution < -0.4 is 10.1 Å². The Morgan fingerprint density at radius 3 is 3.00 bits per heavy atom. The average molecular weight is 312 g/mol. The van der Waals surface area contributed by atoms with Crippen molar-refractivity contribution in [2.24, 2.45) is 0 Å². The second-order valence-electron chi connectivity index (χ2n) is 3.59. The topological polar surface area (TPSA) is 58.6 Å². The molecular weight excluding hydrogens is 298 g/mol. The van der Waals surface area contributed by atoms with Gasteiger partial charge in [0, 0.05) is 10.0 Å². The zero-order valence-corrected chi connectivity index (χ0v) is 11.5. The van der Waals surface area contributed by atoms with Crippen molar-refractivity contribution in [3.8, 4) is 18.1 Å². The van der Waals surface area contributed by atoms with Gasteiger partial charge >= 0.3 is 0 Å². The summed E-state index contributed by atoms with van der Waals surface area (Å²) in [6, 6.07) is 5.21. The van der Waals surface area contributed by atoms with E-state index >= 15 is 0 Å². The number of aliphatic hydroxyl groups is 1. The van der Waals surface area contributed by atoms with Gasteiger partial charge in [-0.05, 0) is 25.1 Å². The molecule has 96 valence electrons. The highest BCUT2D eigenvalue weighted by atomic mass is 79.9. The lowest BCUT2D eigenvalue weighted by Crippen LogP contribution is -2.36. The van der Waals surface area contributed by atoms with Crippen LogP contribution in [0.4, 0.5) is 0 Å². The minimum absolute atomic E-state index is 0.159. The monoisotopic (exact) mass is 311 g/mol. The van der Waals surface area contributed by atoms with Gasteiger partial charge in [0.15, 0.2) is 6.10 Å². The van der Waals surface area contributed by atoms with Crippen LogP contribution in [0.3, 0.4) is 0 Å². The molecule has 4 nitrogen and oxygen atoms in total. The Morgan fingerprint density at radius 2 is 2.39 bits per heavy atom. The third-order valence-electron chi connectivity index (χ3n) is 2.23. The maximum absolute atomic E-state index is 11.6. The molecular formula is C13H14BrNO3. The van der Waals surface area contributed by atoms with Gasteiger partial charge in [-0.1, -0.05) is 21.9 Å². The summed E-state index contributed by atoms with van der Waals surface area (Å²) in [6.07, 6.45) is 4.37. The number of terminal acetylenes is 1. The summed E-state index contributed by atoms with van der Waals surface area (Å²) in [4.78, 5) is 11.6. The highest BCUT2D eigenvalue weighted by Crippen LogP contribution is 2.24. The number of halogens is 1. The average Bonchev–Trinajstić information content (AvgIpc) is 2.37. The molecule has 0 saturated carbocycles. The Labute approximate surface area is 114 Å². The molecule has 0 aliphatic heterocycles. The van der Waals surface area contributed by atoms with Crippen molar-refractivity contribution in [2.45, 2.75) is 19.6 Å². The van der Waals surface area contributed by atoms with Crippen LogP contribution >= 0.6 is 15.9 Å². The minimum Gasteiger partial charge on any atom is -0.481 e. The summed E-state index contributed by atoms with van der Waals surface area (Å²) < 4.78 is 6.33. The first kappa shape index (κ1) is 14.6. The fourth-order valence-corrected chi connectivity index (χ4v) is 1.72. The third kappa shape index (κ3) is 4.06. The highest BCUT2D eigenvalue weighted by molar-refractivity contribution is 9.10. The lowest BCUT2D eigenvalue weighted by molar-refractivity contribution is -0.127. The van der Waals surface area contributed by atoms with Crippen LogP contribution in [0.25, 0.3) is 0 Å². The number of hydrogen-bond donors (Lipinski definition) is 2. The van der Waals surface area contributed by atoms with Crippen molar-refractivity contribution in [3.05, 3.63) is 28.2 Å². The fourth-order valence-electron chi connectivity index (χ4n) is 1.31. The molecule has 2 N–H and O–H groups in total. The van der Waals surface area contributed by atoms with Crippen molar-refractivity contribution < 1.29 is 14.6 Å². The Bertz CT molecular complexity index is 468. The molecule has 0 radical (unpaired) electrons. The zero-order chi connectivity index (χ0) is 13.5. The summed E-state index contributed by atoms with van der Waals surface area (Å²) >= 11 is 3.30. The van der Waals surface area contributed by atoms with Crippen molar-refractivity contribution in [2.75, 3.05) is 6.54 Å². The molecule has 1 atom stereocenters. The second kappa shape index (κ2) is 7.04. The molecule has 0 fully saturated rings. The number of hydrogen-bond acceptors (Lipinski definition) is 3. The van der Waals surface area contributed by atoms with E-state index in [1.54, 1.807) is 25.1 Å². The number of rotatable bonds is 5. The van der Waals surface area contributed by atoms with Crippen LogP contribution in [0.15, 0.2) is 22.7 Å². The number of benzene rings is 1. The van der Waals surface area contributed by atoms with E-state index < -0.39 is 6.10 Å². The predicted molar refractivity (Wildman–Crippen MR) is 72.0 cm³/mol. The number of carbonyl (C=O) groups excluding carboxylic acids is 1. The Balaban J connectivity index is 2.72. The van der Waals surface area contributed by atoms with Gasteiger partial charge in [-0.2, -0.15) is 0 Å². The molecule has 0 spiro atoms. The molecule has 18 heavy (non-hydrogen) atoms. The molecule has 1 amide bonds. The predicted octanol–water partition coefficient (Wildman–Crippen LogP) is 1.46. The quantitative estimate of drug-likeness (QED) is 0.809. The number of aliphatic hydroxyl groups excluding tert-OH is 1. The van der Waals surface area contributed by atoms with Gasteiger partial charge in [-0.3, -0.25) is 4.79 Å². The first-order chi connectivity index (χ1) is 8.58. The van der Waals surface area contributed by atoms with Crippen LogP contribution in [-0.4, -0.2) is 23.7 Å². The molecule has 5 heteroatoms. The van der Waals surface area contributed by atoms with Gasteiger partial charge in [0.05, 0.1) is 13.2 Å². The van der Waals surface area contributed by atoms with Crippen LogP contribution in [0.1, 0.15) is 12.5 Å². The van der Waals surface area contributed by atoms with E-state index in [-0.39, 0.29) is 19.1 Å². The van der Waals surface area contributed by atoms with Gasteiger partial charge in [-0.25, -0.2) is 0 Å². The highest BCUT2D eigenvalue weighted by Gasteiger charge is 2.15. The van der Waals surface area contributed by atoms with Crippen molar-refractivity contribution >= 4 is 21.8 Å². The van der Waals surface area contributed by atoms with Gasteiger partial charge < -0.3 is 15.2 Å². The maximum atomic E-state index is 11.6. The van der Waals surface area contributed by atoms with E-state index in [0.29, 0.717) is 11.3 Å². The third-order valence-corrected chi connectivity index (χ3v) is 2.72. The number of ether oxygens (including phenoxy) is 1. The molecule has 0 saturated heterocycles. The summed E-state index contributed by atoms with van der Waals surface area (Å²) in [5.41, 5.74) is 0.612. The summed E-state index contributed by atoms with van der Waals surface area (Å²) in [7, 11) is 0. The van der Waals surface area contributed by atoms with Gasteiger partial charge in [0.1, 0.15) is 5.75 Å². The van der Waals surface area contributed by atoms with Crippen LogP contribution in [0.2, 0.25) is 0 Å². The molecule has 0 aromatic heterocycles. The maximum Gasteiger partial charge on any atom is 0.261 e.